The lowest BCUT2D eigenvalue weighted by molar-refractivity contribution is 0.0244. The third kappa shape index (κ3) is 3.15. The first-order valence-corrected chi connectivity index (χ1v) is 8.68. The molecule has 0 bridgehead atoms. The summed E-state index contributed by atoms with van der Waals surface area (Å²) < 4.78 is 7.69. The molecular weight excluding hydrogens is 345 g/mol. The van der Waals surface area contributed by atoms with E-state index < -0.39 is 0 Å². The molecule has 124 valence electrons. The molecule has 0 saturated carbocycles. The Balaban J connectivity index is 1.81. The number of benzene rings is 2. The van der Waals surface area contributed by atoms with Gasteiger partial charge in [0, 0.05) is 28.7 Å². The SMILES string of the molecule is Clc1ccc(-c2nc3cc(Cl)ccc3n2CN2CCOCC2)cc1. The van der Waals surface area contributed by atoms with Gasteiger partial charge in [0.15, 0.2) is 0 Å². The smallest absolute Gasteiger partial charge is 0.142 e. The van der Waals surface area contributed by atoms with Crippen molar-refractivity contribution in [3.63, 3.8) is 0 Å². The van der Waals surface area contributed by atoms with Gasteiger partial charge in [0.25, 0.3) is 0 Å². The van der Waals surface area contributed by atoms with Crippen LogP contribution in [0.15, 0.2) is 42.5 Å². The van der Waals surface area contributed by atoms with E-state index in [1.165, 1.54) is 0 Å². The summed E-state index contributed by atoms with van der Waals surface area (Å²) in [5.74, 6) is 0.926. The summed E-state index contributed by atoms with van der Waals surface area (Å²) in [6.07, 6.45) is 0. The fraction of sp³-hybridized carbons (Fsp3) is 0.278. The predicted octanol–water partition coefficient (Wildman–Crippen LogP) is 4.30. The molecule has 4 rings (SSSR count). The van der Waals surface area contributed by atoms with Crippen LogP contribution in [0, 0.1) is 0 Å². The first kappa shape index (κ1) is 15.9. The maximum atomic E-state index is 6.15. The fourth-order valence-corrected chi connectivity index (χ4v) is 3.30. The molecule has 0 N–H and O–H groups in total. The number of ether oxygens (including phenoxy) is 1. The van der Waals surface area contributed by atoms with Crippen LogP contribution < -0.4 is 0 Å². The Labute approximate surface area is 150 Å². The molecule has 0 atom stereocenters. The average Bonchev–Trinajstić information content (AvgIpc) is 2.94. The van der Waals surface area contributed by atoms with Crippen LogP contribution in [0.4, 0.5) is 0 Å². The van der Waals surface area contributed by atoms with Gasteiger partial charge in [-0.25, -0.2) is 4.98 Å². The highest BCUT2D eigenvalue weighted by Crippen LogP contribution is 2.28. The van der Waals surface area contributed by atoms with Crippen molar-refractivity contribution in [3.05, 3.63) is 52.5 Å². The Morgan fingerprint density at radius 2 is 1.67 bits per heavy atom. The second-order valence-corrected chi connectivity index (χ2v) is 6.75. The van der Waals surface area contributed by atoms with Crippen molar-refractivity contribution in [3.8, 4) is 11.4 Å². The van der Waals surface area contributed by atoms with E-state index >= 15 is 0 Å². The van der Waals surface area contributed by atoms with Gasteiger partial charge in [-0.3, -0.25) is 4.90 Å². The van der Waals surface area contributed by atoms with Gasteiger partial charge in [0.1, 0.15) is 5.82 Å². The van der Waals surface area contributed by atoms with Crippen molar-refractivity contribution in [2.45, 2.75) is 6.67 Å². The minimum Gasteiger partial charge on any atom is -0.379 e. The van der Waals surface area contributed by atoms with Crippen molar-refractivity contribution < 1.29 is 4.74 Å². The van der Waals surface area contributed by atoms with Crippen molar-refractivity contribution in [2.75, 3.05) is 26.3 Å². The van der Waals surface area contributed by atoms with E-state index in [4.69, 9.17) is 32.9 Å². The van der Waals surface area contributed by atoms with Gasteiger partial charge in [-0.15, -0.1) is 0 Å². The second kappa shape index (κ2) is 6.73. The molecule has 1 fully saturated rings. The van der Waals surface area contributed by atoms with Crippen LogP contribution in [0.2, 0.25) is 10.0 Å². The minimum absolute atomic E-state index is 0.696. The summed E-state index contributed by atoms with van der Waals surface area (Å²) in [6.45, 7) is 4.17. The van der Waals surface area contributed by atoms with E-state index in [1.807, 2.05) is 42.5 Å². The van der Waals surface area contributed by atoms with E-state index in [0.29, 0.717) is 5.02 Å². The van der Waals surface area contributed by atoms with Crippen molar-refractivity contribution in [1.82, 2.24) is 14.5 Å². The van der Waals surface area contributed by atoms with E-state index in [1.54, 1.807) is 0 Å². The highest BCUT2D eigenvalue weighted by molar-refractivity contribution is 6.31. The van der Waals surface area contributed by atoms with Crippen LogP contribution in [-0.4, -0.2) is 40.8 Å². The molecule has 0 amide bonds. The van der Waals surface area contributed by atoms with Crippen LogP contribution in [0.1, 0.15) is 0 Å². The monoisotopic (exact) mass is 361 g/mol. The van der Waals surface area contributed by atoms with Gasteiger partial charge in [0.05, 0.1) is 30.9 Å². The second-order valence-electron chi connectivity index (χ2n) is 5.88. The zero-order valence-electron chi connectivity index (χ0n) is 13.1. The third-order valence-electron chi connectivity index (χ3n) is 4.26. The standard InChI is InChI=1S/C18H17Cl2N3O/c19-14-3-1-13(2-4-14)18-21-16-11-15(20)5-6-17(16)23(18)12-22-7-9-24-10-8-22/h1-6,11H,7-10,12H2. The van der Waals surface area contributed by atoms with Crippen LogP contribution in [0.5, 0.6) is 0 Å². The summed E-state index contributed by atoms with van der Waals surface area (Å²) >= 11 is 12.2. The molecular formula is C18H17Cl2N3O. The molecule has 0 aliphatic carbocycles. The number of hydrogen-bond acceptors (Lipinski definition) is 3. The highest BCUT2D eigenvalue weighted by atomic mass is 35.5. The van der Waals surface area contributed by atoms with Gasteiger partial charge in [-0.2, -0.15) is 0 Å². The summed E-state index contributed by atoms with van der Waals surface area (Å²) in [7, 11) is 0. The third-order valence-corrected chi connectivity index (χ3v) is 4.74. The molecule has 1 saturated heterocycles. The van der Waals surface area contributed by atoms with Crippen molar-refractivity contribution in [1.29, 1.82) is 0 Å². The maximum absolute atomic E-state index is 6.15. The van der Waals surface area contributed by atoms with Gasteiger partial charge in [0.2, 0.25) is 0 Å². The Morgan fingerprint density at radius 1 is 0.958 bits per heavy atom. The van der Waals surface area contributed by atoms with E-state index in [9.17, 15) is 0 Å². The summed E-state index contributed by atoms with van der Waals surface area (Å²) in [5, 5.41) is 1.42. The number of hydrogen-bond donors (Lipinski definition) is 0. The molecule has 2 aromatic carbocycles. The topological polar surface area (TPSA) is 30.3 Å². The molecule has 3 aromatic rings. The van der Waals surface area contributed by atoms with Gasteiger partial charge >= 0.3 is 0 Å². The van der Waals surface area contributed by atoms with Crippen LogP contribution in [-0.2, 0) is 11.4 Å². The van der Waals surface area contributed by atoms with Gasteiger partial charge in [-0.1, -0.05) is 23.2 Å². The Bertz CT molecular complexity index is 855. The molecule has 1 aromatic heterocycles. The fourth-order valence-electron chi connectivity index (χ4n) is 3.01. The van der Waals surface area contributed by atoms with E-state index in [0.717, 1.165) is 60.4 Å². The summed E-state index contributed by atoms with van der Waals surface area (Å²) in [6, 6.07) is 13.6. The molecule has 0 unspecified atom stereocenters. The predicted molar refractivity (Wildman–Crippen MR) is 97.6 cm³/mol. The van der Waals surface area contributed by atoms with Crippen LogP contribution in [0.3, 0.4) is 0 Å². The number of nitrogens with zero attached hydrogens (tertiary/aromatic N) is 3. The Morgan fingerprint density at radius 3 is 2.42 bits per heavy atom. The molecule has 1 aliphatic heterocycles. The summed E-state index contributed by atoms with van der Waals surface area (Å²) in [5.41, 5.74) is 3.02. The number of halogens is 2. The lowest BCUT2D eigenvalue weighted by Crippen LogP contribution is -2.37. The number of fused-ring (bicyclic) bond motifs is 1. The molecule has 1 aliphatic rings. The number of rotatable bonds is 3. The van der Waals surface area contributed by atoms with Gasteiger partial charge < -0.3 is 9.30 Å². The highest BCUT2D eigenvalue weighted by Gasteiger charge is 2.17. The number of imidazole rings is 1. The Hall–Kier alpha value is -1.59. The summed E-state index contributed by atoms with van der Waals surface area (Å²) in [4.78, 5) is 7.19. The first-order chi connectivity index (χ1) is 11.7. The van der Waals surface area contributed by atoms with Gasteiger partial charge in [-0.05, 0) is 42.5 Å². The first-order valence-electron chi connectivity index (χ1n) is 7.92. The zero-order valence-corrected chi connectivity index (χ0v) is 14.6. The zero-order chi connectivity index (χ0) is 16.5. The molecule has 2 heterocycles. The quantitative estimate of drug-likeness (QED) is 0.696. The van der Waals surface area contributed by atoms with E-state index in [-0.39, 0.29) is 0 Å². The lowest BCUT2D eigenvalue weighted by atomic mass is 10.2. The maximum Gasteiger partial charge on any atom is 0.142 e. The lowest BCUT2D eigenvalue weighted by Gasteiger charge is -2.27. The largest absolute Gasteiger partial charge is 0.379 e. The molecule has 6 heteroatoms. The normalized spacial score (nSPS) is 15.9. The Kier molecular flexibility index (Phi) is 4.46. The molecule has 0 spiro atoms. The van der Waals surface area contributed by atoms with Crippen molar-refractivity contribution >= 4 is 34.2 Å². The molecule has 0 radical (unpaired) electrons. The minimum atomic E-state index is 0.696. The average molecular weight is 362 g/mol. The molecule has 4 nitrogen and oxygen atoms in total. The number of morpholine rings is 1. The molecule has 24 heavy (non-hydrogen) atoms. The number of aromatic nitrogens is 2. The van der Waals surface area contributed by atoms with Crippen LogP contribution in [0.25, 0.3) is 22.4 Å². The van der Waals surface area contributed by atoms with Crippen LogP contribution >= 0.6 is 23.2 Å². The van der Waals surface area contributed by atoms with Crippen molar-refractivity contribution in [2.24, 2.45) is 0 Å². The van der Waals surface area contributed by atoms with E-state index in [2.05, 4.69) is 9.47 Å².